The first-order valence-corrected chi connectivity index (χ1v) is 7.25. The largest absolute Gasteiger partial charge is 0.436 e. The molecule has 5 aromatic rings. The number of hydrogen-bond donors (Lipinski definition) is 0. The third-order valence-electron chi connectivity index (χ3n) is 4.07. The Kier molecular flexibility index (Phi) is 2.22. The van der Waals surface area contributed by atoms with Crippen LogP contribution in [0.25, 0.3) is 39.0 Å². The van der Waals surface area contributed by atoms with Crippen LogP contribution in [0, 0.1) is 0 Å². The van der Waals surface area contributed by atoms with Crippen molar-refractivity contribution in [3.8, 4) is 11.4 Å². The molecule has 2 heterocycles. The van der Waals surface area contributed by atoms with Crippen molar-refractivity contribution in [1.29, 1.82) is 0 Å². The van der Waals surface area contributed by atoms with E-state index >= 15 is 0 Å². The van der Waals surface area contributed by atoms with Gasteiger partial charge in [0.2, 0.25) is 5.71 Å². The van der Waals surface area contributed by atoms with E-state index in [4.69, 9.17) is 4.42 Å². The van der Waals surface area contributed by atoms with Crippen LogP contribution < -0.4 is 0 Å². The second-order valence-corrected chi connectivity index (χ2v) is 5.36. The van der Waals surface area contributed by atoms with Gasteiger partial charge in [0, 0.05) is 10.9 Å². The van der Waals surface area contributed by atoms with Crippen molar-refractivity contribution >= 4 is 27.6 Å². The minimum atomic E-state index is 0.769. The first-order valence-electron chi connectivity index (χ1n) is 7.25. The molecule has 0 aliphatic rings. The van der Waals surface area contributed by atoms with Gasteiger partial charge in [0.15, 0.2) is 5.58 Å². The molecule has 0 N–H and O–H groups in total. The molecule has 0 unspecified atom stereocenters. The lowest BCUT2D eigenvalue weighted by Gasteiger charge is -2.00. The zero-order valence-electron chi connectivity index (χ0n) is 11.7. The van der Waals surface area contributed by atoms with Crippen LogP contribution >= 0.6 is 0 Å². The Morgan fingerprint density at radius 2 is 1.64 bits per heavy atom. The average Bonchev–Trinajstić information content (AvgIpc) is 3.15. The molecule has 2 aromatic heterocycles. The molecular formula is C19H12N2O. The van der Waals surface area contributed by atoms with Gasteiger partial charge in [-0.15, -0.1) is 0 Å². The van der Waals surface area contributed by atoms with Gasteiger partial charge in [0.05, 0.1) is 11.7 Å². The van der Waals surface area contributed by atoms with Crippen molar-refractivity contribution in [3.63, 3.8) is 0 Å². The van der Waals surface area contributed by atoms with Crippen LogP contribution in [0.15, 0.2) is 77.3 Å². The van der Waals surface area contributed by atoms with Crippen molar-refractivity contribution in [2.75, 3.05) is 0 Å². The maximum Gasteiger partial charge on any atom is 0.225 e. The molecule has 0 radical (unpaired) electrons. The third-order valence-corrected chi connectivity index (χ3v) is 4.07. The minimum Gasteiger partial charge on any atom is -0.436 e. The van der Waals surface area contributed by atoms with Crippen LogP contribution in [-0.2, 0) is 0 Å². The molecule has 0 atom stereocenters. The lowest BCUT2D eigenvalue weighted by molar-refractivity contribution is 0.659. The Hall–Kier alpha value is -3.07. The van der Waals surface area contributed by atoms with Crippen molar-refractivity contribution in [2.24, 2.45) is 0 Å². The topological polar surface area (TPSA) is 30.4 Å². The maximum absolute atomic E-state index is 6.07. The summed E-state index contributed by atoms with van der Waals surface area (Å²) in [6.45, 7) is 0. The van der Waals surface area contributed by atoms with Gasteiger partial charge in [-0.2, -0.15) is 0 Å². The molecule has 0 aliphatic heterocycles. The van der Waals surface area contributed by atoms with Crippen LogP contribution in [0.5, 0.6) is 0 Å². The predicted molar refractivity (Wildman–Crippen MR) is 87.9 cm³/mol. The van der Waals surface area contributed by atoms with Gasteiger partial charge in [-0.25, -0.2) is 4.98 Å². The van der Waals surface area contributed by atoms with Gasteiger partial charge < -0.3 is 4.42 Å². The van der Waals surface area contributed by atoms with E-state index in [0.29, 0.717) is 0 Å². The lowest BCUT2D eigenvalue weighted by atomic mass is 10.1. The van der Waals surface area contributed by atoms with Crippen LogP contribution in [0.4, 0.5) is 0 Å². The zero-order chi connectivity index (χ0) is 14.5. The number of rotatable bonds is 1. The Morgan fingerprint density at radius 3 is 2.55 bits per heavy atom. The summed E-state index contributed by atoms with van der Waals surface area (Å²) < 4.78 is 8.15. The van der Waals surface area contributed by atoms with Gasteiger partial charge in [-0.3, -0.25) is 4.40 Å². The standard InChI is InChI=1S/C19H12N2O/c1-2-7-14(8-3-1)19-20-12-17-21(19)16-11-10-13-6-4-5-9-15(13)18(16)22-17/h1-12H. The number of imidazole rings is 1. The van der Waals surface area contributed by atoms with E-state index in [0.717, 1.165) is 33.6 Å². The third kappa shape index (κ3) is 1.48. The Balaban J connectivity index is 1.94. The fourth-order valence-corrected chi connectivity index (χ4v) is 3.05. The molecule has 3 aromatic carbocycles. The van der Waals surface area contributed by atoms with E-state index in [1.807, 2.05) is 30.3 Å². The first kappa shape index (κ1) is 11.6. The molecule has 3 nitrogen and oxygen atoms in total. The molecule has 0 bridgehead atoms. The van der Waals surface area contributed by atoms with Crippen LogP contribution in [0.2, 0.25) is 0 Å². The first-order chi connectivity index (χ1) is 10.9. The van der Waals surface area contributed by atoms with Gasteiger partial charge in [-0.05, 0) is 11.5 Å². The predicted octanol–water partition coefficient (Wildman–Crippen LogP) is 4.90. The van der Waals surface area contributed by atoms with E-state index in [1.165, 1.54) is 5.39 Å². The van der Waals surface area contributed by atoms with E-state index in [-0.39, 0.29) is 0 Å². The molecule has 0 fully saturated rings. The molecule has 0 saturated heterocycles. The summed E-state index contributed by atoms with van der Waals surface area (Å²) in [7, 11) is 0. The van der Waals surface area contributed by atoms with Gasteiger partial charge in [-0.1, -0.05) is 60.7 Å². The van der Waals surface area contributed by atoms with Crippen molar-refractivity contribution in [3.05, 3.63) is 72.9 Å². The molecule has 0 saturated carbocycles. The Labute approximate surface area is 126 Å². The van der Waals surface area contributed by atoms with Gasteiger partial charge in [0.25, 0.3) is 0 Å². The zero-order valence-corrected chi connectivity index (χ0v) is 11.7. The van der Waals surface area contributed by atoms with Crippen molar-refractivity contribution in [1.82, 2.24) is 9.38 Å². The minimum absolute atomic E-state index is 0.769. The SMILES string of the molecule is c1ccc(-c2ncc3oc4c5ccccc5ccc4n23)cc1. The highest BCUT2D eigenvalue weighted by atomic mass is 16.3. The number of fused-ring (bicyclic) bond motifs is 5. The second-order valence-electron chi connectivity index (χ2n) is 5.36. The fraction of sp³-hybridized carbons (Fsp3) is 0. The summed E-state index contributed by atoms with van der Waals surface area (Å²) in [6.07, 6.45) is 1.79. The normalized spacial score (nSPS) is 11.6. The number of oxazole rings is 1. The van der Waals surface area contributed by atoms with Crippen molar-refractivity contribution < 1.29 is 4.42 Å². The quantitative estimate of drug-likeness (QED) is 0.438. The summed E-state index contributed by atoms with van der Waals surface area (Å²) in [5.74, 6) is 0.907. The lowest BCUT2D eigenvalue weighted by Crippen LogP contribution is -1.87. The summed E-state index contributed by atoms with van der Waals surface area (Å²) in [4.78, 5) is 4.52. The van der Waals surface area contributed by atoms with Gasteiger partial charge in [0.1, 0.15) is 5.82 Å². The monoisotopic (exact) mass is 284 g/mol. The Bertz CT molecular complexity index is 1120. The molecule has 0 amide bonds. The van der Waals surface area contributed by atoms with Crippen LogP contribution in [0.1, 0.15) is 0 Å². The number of hydrogen-bond acceptors (Lipinski definition) is 2. The summed E-state index contributed by atoms with van der Waals surface area (Å²) >= 11 is 0. The highest BCUT2D eigenvalue weighted by Gasteiger charge is 2.15. The van der Waals surface area contributed by atoms with E-state index in [1.54, 1.807) is 6.20 Å². The number of benzene rings is 3. The summed E-state index contributed by atoms with van der Waals surface area (Å²) in [6, 6.07) is 22.7. The molecular weight excluding hydrogens is 272 g/mol. The fourth-order valence-electron chi connectivity index (χ4n) is 3.05. The number of aromatic nitrogens is 2. The molecule has 5 rings (SSSR count). The van der Waals surface area contributed by atoms with E-state index in [9.17, 15) is 0 Å². The second kappa shape index (κ2) is 4.21. The van der Waals surface area contributed by atoms with Gasteiger partial charge >= 0.3 is 0 Å². The molecule has 0 spiro atoms. The maximum atomic E-state index is 6.07. The molecule has 3 heteroatoms. The summed E-state index contributed by atoms with van der Waals surface area (Å²) in [5.41, 5.74) is 3.81. The number of nitrogens with zero attached hydrogens (tertiary/aromatic N) is 2. The highest BCUT2D eigenvalue weighted by Crippen LogP contribution is 2.31. The van der Waals surface area contributed by atoms with Crippen LogP contribution in [-0.4, -0.2) is 9.38 Å². The average molecular weight is 284 g/mol. The molecule has 22 heavy (non-hydrogen) atoms. The van der Waals surface area contributed by atoms with E-state index < -0.39 is 0 Å². The summed E-state index contributed by atoms with van der Waals surface area (Å²) in [5, 5.41) is 2.31. The highest BCUT2D eigenvalue weighted by molar-refractivity contribution is 6.04. The molecule has 104 valence electrons. The molecule has 0 aliphatic carbocycles. The van der Waals surface area contributed by atoms with E-state index in [2.05, 4.69) is 45.8 Å². The smallest absolute Gasteiger partial charge is 0.225 e. The Morgan fingerprint density at radius 1 is 0.818 bits per heavy atom. The van der Waals surface area contributed by atoms with Crippen LogP contribution in [0.3, 0.4) is 0 Å². The van der Waals surface area contributed by atoms with Crippen molar-refractivity contribution in [2.45, 2.75) is 0 Å².